The van der Waals surface area contributed by atoms with Gasteiger partial charge in [0.15, 0.2) is 5.82 Å². The van der Waals surface area contributed by atoms with Crippen molar-refractivity contribution in [3.8, 4) is 5.75 Å². The Morgan fingerprint density at radius 2 is 1.92 bits per heavy atom. The van der Waals surface area contributed by atoms with E-state index in [2.05, 4.69) is 20.9 Å². The van der Waals surface area contributed by atoms with Crippen molar-refractivity contribution < 1.29 is 9.90 Å². The number of amides is 1. The quantitative estimate of drug-likeness (QED) is 0.668. The van der Waals surface area contributed by atoms with Crippen LogP contribution in [-0.2, 0) is 20.0 Å². The van der Waals surface area contributed by atoms with Crippen molar-refractivity contribution >= 4 is 21.8 Å². The van der Waals surface area contributed by atoms with Gasteiger partial charge in [0, 0.05) is 37.0 Å². The molecule has 1 aromatic heterocycles. The zero-order chi connectivity index (χ0) is 18.5. The van der Waals surface area contributed by atoms with E-state index in [0.29, 0.717) is 18.9 Å². The summed E-state index contributed by atoms with van der Waals surface area (Å²) in [6.45, 7) is 1.02. The Bertz CT molecular complexity index is 890. The second kappa shape index (κ2) is 8.19. The molecule has 0 unspecified atom stereocenters. The number of carbonyl (C=O) groups excluding carboxylic acids is 1. The normalized spacial score (nSPS) is 10.7. The fourth-order valence-electron chi connectivity index (χ4n) is 2.74. The minimum absolute atomic E-state index is 0.113. The van der Waals surface area contributed by atoms with Gasteiger partial charge >= 0.3 is 0 Å². The Balaban J connectivity index is 1.81. The van der Waals surface area contributed by atoms with Crippen molar-refractivity contribution in [1.29, 1.82) is 0 Å². The van der Waals surface area contributed by atoms with Gasteiger partial charge in [0.2, 0.25) is 0 Å². The lowest BCUT2D eigenvalue weighted by molar-refractivity contribution is 0.0729. The summed E-state index contributed by atoms with van der Waals surface area (Å²) in [6, 6.07) is 14.9. The van der Waals surface area contributed by atoms with Gasteiger partial charge in [-0.1, -0.05) is 46.3 Å². The van der Waals surface area contributed by atoms with Crippen molar-refractivity contribution in [2.75, 3.05) is 6.54 Å². The van der Waals surface area contributed by atoms with Gasteiger partial charge < -0.3 is 14.6 Å². The Hall–Kier alpha value is -2.60. The van der Waals surface area contributed by atoms with E-state index < -0.39 is 0 Å². The van der Waals surface area contributed by atoms with Crippen molar-refractivity contribution in [3.05, 3.63) is 82.3 Å². The van der Waals surface area contributed by atoms with Crippen LogP contribution in [0, 0.1) is 0 Å². The number of benzene rings is 2. The third kappa shape index (κ3) is 4.32. The van der Waals surface area contributed by atoms with Crippen LogP contribution in [0.25, 0.3) is 0 Å². The largest absolute Gasteiger partial charge is 0.508 e. The van der Waals surface area contributed by atoms with Crippen LogP contribution in [0.15, 0.2) is 65.4 Å². The molecule has 5 nitrogen and oxygen atoms in total. The molecule has 0 radical (unpaired) electrons. The molecule has 6 heteroatoms. The van der Waals surface area contributed by atoms with E-state index in [9.17, 15) is 9.90 Å². The van der Waals surface area contributed by atoms with Crippen LogP contribution in [0.4, 0.5) is 0 Å². The molecule has 0 saturated carbocycles. The van der Waals surface area contributed by atoms with Crippen LogP contribution in [0.5, 0.6) is 5.75 Å². The second-order valence-electron chi connectivity index (χ2n) is 6.10. The summed E-state index contributed by atoms with van der Waals surface area (Å²) in [5.41, 5.74) is 2.10. The highest BCUT2D eigenvalue weighted by molar-refractivity contribution is 9.10. The predicted molar refractivity (Wildman–Crippen MR) is 104 cm³/mol. The van der Waals surface area contributed by atoms with Gasteiger partial charge in [-0.15, -0.1) is 0 Å². The summed E-state index contributed by atoms with van der Waals surface area (Å²) < 4.78 is 2.76. The van der Waals surface area contributed by atoms with Gasteiger partial charge in [-0.3, -0.25) is 4.79 Å². The smallest absolute Gasteiger partial charge is 0.290 e. The Morgan fingerprint density at radius 1 is 1.19 bits per heavy atom. The van der Waals surface area contributed by atoms with Crippen LogP contribution >= 0.6 is 15.9 Å². The third-order valence-electron chi connectivity index (χ3n) is 4.22. The third-order valence-corrected chi connectivity index (χ3v) is 4.99. The molecule has 3 rings (SSSR count). The number of imidazole rings is 1. The number of aryl methyl sites for hydroxylation is 1. The number of nitrogens with zero attached hydrogens (tertiary/aromatic N) is 3. The van der Waals surface area contributed by atoms with Crippen molar-refractivity contribution in [2.24, 2.45) is 7.05 Å². The van der Waals surface area contributed by atoms with Gasteiger partial charge in [0.25, 0.3) is 5.91 Å². The topological polar surface area (TPSA) is 58.4 Å². The van der Waals surface area contributed by atoms with E-state index >= 15 is 0 Å². The molecule has 0 spiro atoms. The van der Waals surface area contributed by atoms with E-state index in [1.807, 2.05) is 43.4 Å². The molecule has 0 atom stereocenters. The van der Waals surface area contributed by atoms with Gasteiger partial charge in [0.05, 0.1) is 0 Å². The van der Waals surface area contributed by atoms with E-state index in [1.54, 1.807) is 34.0 Å². The minimum atomic E-state index is -0.113. The van der Waals surface area contributed by atoms with Gasteiger partial charge in [-0.25, -0.2) is 4.98 Å². The summed E-state index contributed by atoms with van der Waals surface area (Å²) in [7, 11) is 1.81. The number of aromatic hydroxyl groups is 1. The summed E-state index contributed by atoms with van der Waals surface area (Å²) in [6.07, 6.45) is 4.12. The minimum Gasteiger partial charge on any atom is -0.508 e. The lowest BCUT2D eigenvalue weighted by Crippen LogP contribution is -2.34. The van der Waals surface area contributed by atoms with E-state index in [1.165, 1.54) is 0 Å². The first-order chi connectivity index (χ1) is 12.5. The number of hydrogen-bond donors (Lipinski definition) is 1. The molecule has 26 heavy (non-hydrogen) atoms. The zero-order valence-electron chi connectivity index (χ0n) is 14.5. The number of carbonyl (C=O) groups is 1. The molecule has 1 amide bonds. The van der Waals surface area contributed by atoms with Crippen molar-refractivity contribution in [3.63, 3.8) is 0 Å². The predicted octanol–water partition coefficient (Wildman–Crippen LogP) is 3.77. The first-order valence-corrected chi connectivity index (χ1v) is 9.12. The molecule has 0 fully saturated rings. The second-order valence-corrected chi connectivity index (χ2v) is 6.95. The number of aromatic nitrogens is 2. The Labute approximate surface area is 161 Å². The van der Waals surface area contributed by atoms with Gasteiger partial charge in [0.1, 0.15) is 5.75 Å². The molecule has 0 bridgehead atoms. The zero-order valence-corrected chi connectivity index (χ0v) is 16.1. The van der Waals surface area contributed by atoms with Crippen LogP contribution in [-0.4, -0.2) is 32.0 Å². The molecular formula is C20H20BrN3O2. The fraction of sp³-hybridized carbons (Fsp3) is 0.200. The monoisotopic (exact) mass is 413 g/mol. The lowest BCUT2D eigenvalue weighted by Gasteiger charge is -2.23. The number of phenols is 1. The van der Waals surface area contributed by atoms with Crippen molar-refractivity contribution in [1.82, 2.24) is 14.5 Å². The average Bonchev–Trinajstić information content (AvgIpc) is 3.07. The van der Waals surface area contributed by atoms with E-state index in [0.717, 1.165) is 22.0 Å². The summed E-state index contributed by atoms with van der Waals surface area (Å²) in [5.74, 6) is 0.512. The molecule has 0 saturated heterocycles. The number of halogens is 1. The maximum absolute atomic E-state index is 13.0. The number of phenolic OH excluding ortho intramolecular Hbond substituents is 1. The molecular weight excluding hydrogens is 394 g/mol. The van der Waals surface area contributed by atoms with Crippen molar-refractivity contribution in [2.45, 2.75) is 13.0 Å². The Kier molecular flexibility index (Phi) is 5.73. The van der Waals surface area contributed by atoms with E-state index in [4.69, 9.17) is 0 Å². The fourth-order valence-corrected chi connectivity index (χ4v) is 3.23. The summed E-state index contributed by atoms with van der Waals surface area (Å²) in [4.78, 5) is 19.0. The standard InChI is InChI=1S/C20H20BrN3O2/c1-23-13-11-22-19(23)20(26)24(14-15-6-8-17(25)9-7-15)12-10-16-4-2-3-5-18(16)21/h2-9,11,13,25H,10,12,14H2,1H3. The molecule has 0 aliphatic rings. The first kappa shape index (κ1) is 18.2. The molecule has 0 aliphatic heterocycles. The first-order valence-electron chi connectivity index (χ1n) is 8.32. The highest BCUT2D eigenvalue weighted by atomic mass is 79.9. The highest BCUT2D eigenvalue weighted by Gasteiger charge is 2.20. The summed E-state index contributed by atoms with van der Waals surface area (Å²) in [5, 5.41) is 9.47. The van der Waals surface area contributed by atoms with Gasteiger partial charge in [-0.2, -0.15) is 0 Å². The number of rotatable bonds is 6. The molecule has 134 valence electrons. The van der Waals surface area contributed by atoms with Crippen LogP contribution in [0.1, 0.15) is 21.7 Å². The molecule has 2 aromatic carbocycles. The van der Waals surface area contributed by atoms with Gasteiger partial charge in [-0.05, 0) is 35.7 Å². The maximum atomic E-state index is 13.0. The number of hydrogen-bond acceptors (Lipinski definition) is 3. The Morgan fingerprint density at radius 3 is 2.58 bits per heavy atom. The van der Waals surface area contributed by atoms with Crippen LogP contribution in [0.2, 0.25) is 0 Å². The lowest BCUT2D eigenvalue weighted by atomic mass is 10.1. The maximum Gasteiger partial charge on any atom is 0.290 e. The molecule has 0 aliphatic carbocycles. The van der Waals surface area contributed by atoms with Crippen LogP contribution in [0.3, 0.4) is 0 Å². The van der Waals surface area contributed by atoms with E-state index in [-0.39, 0.29) is 11.7 Å². The SMILES string of the molecule is Cn1ccnc1C(=O)N(CCc1ccccc1Br)Cc1ccc(O)cc1. The highest BCUT2D eigenvalue weighted by Crippen LogP contribution is 2.18. The molecule has 1 N–H and O–H groups in total. The summed E-state index contributed by atoms with van der Waals surface area (Å²) >= 11 is 3.56. The average molecular weight is 414 g/mol. The molecule has 1 heterocycles. The molecule has 3 aromatic rings. The van der Waals surface area contributed by atoms with Crippen LogP contribution < -0.4 is 0 Å².